The van der Waals surface area contributed by atoms with E-state index in [0.717, 1.165) is 19.4 Å². The van der Waals surface area contributed by atoms with Crippen molar-refractivity contribution in [3.05, 3.63) is 0 Å². The van der Waals surface area contributed by atoms with Gasteiger partial charge in [-0.1, -0.05) is 12.8 Å². The van der Waals surface area contributed by atoms with Crippen LogP contribution in [0, 0.1) is 23.2 Å². The Labute approximate surface area is 116 Å². The normalized spacial score (nSPS) is 42.6. The first-order chi connectivity index (χ1) is 9.35. The lowest BCUT2D eigenvalue weighted by Crippen LogP contribution is -2.54. The van der Waals surface area contributed by atoms with Crippen LogP contribution in [0.1, 0.15) is 64.2 Å². The molecule has 0 N–H and O–H groups in total. The summed E-state index contributed by atoms with van der Waals surface area (Å²) >= 11 is 0. The maximum Gasteiger partial charge on any atom is 0.158 e. The predicted octanol–water partition coefficient (Wildman–Crippen LogP) is 3.78. The van der Waals surface area contributed by atoms with Crippen molar-refractivity contribution in [2.24, 2.45) is 11.8 Å². The molecular weight excluding hydrogens is 238 g/mol. The van der Waals surface area contributed by atoms with Crippen molar-refractivity contribution in [2.75, 3.05) is 6.61 Å². The Balaban J connectivity index is 1.78. The van der Waals surface area contributed by atoms with Crippen LogP contribution in [0.15, 0.2) is 0 Å². The molecule has 3 heteroatoms. The highest BCUT2D eigenvalue weighted by molar-refractivity contribution is 5.05. The number of fused-ring (bicyclic) bond motifs is 2. The molecule has 0 amide bonds. The summed E-state index contributed by atoms with van der Waals surface area (Å²) in [6.07, 6.45) is 11.5. The third kappa shape index (κ3) is 2.53. The summed E-state index contributed by atoms with van der Waals surface area (Å²) < 4.78 is 12.3. The summed E-state index contributed by atoms with van der Waals surface area (Å²) in [5.41, 5.74) is -0.187. The van der Waals surface area contributed by atoms with Gasteiger partial charge in [-0.2, -0.15) is 5.26 Å². The first kappa shape index (κ1) is 13.4. The van der Waals surface area contributed by atoms with Crippen molar-refractivity contribution in [3.63, 3.8) is 0 Å². The van der Waals surface area contributed by atoms with Crippen LogP contribution < -0.4 is 0 Å². The van der Waals surface area contributed by atoms with Gasteiger partial charge in [-0.15, -0.1) is 0 Å². The van der Waals surface area contributed by atoms with Gasteiger partial charge in [-0.05, 0) is 56.8 Å². The molecule has 2 bridgehead atoms. The number of rotatable bonds is 3. The van der Waals surface area contributed by atoms with E-state index >= 15 is 0 Å². The van der Waals surface area contributed by atoms with Crippen molar-refractivity contribution < 1.29 is 9.47 Å². The molecule has 19 heavy (non-hydrogen) atoms. The number of nitrogens with zero attached hydrogens (tertiary/aromatic N) is 1. The summed E-state index contributed by atoms with van der Waals surface area (Å²) in [4.78, 5) is 0. The molecular formula is C16H25NO2. The van der Waals surface area contributed by atoms with Gasteiger partial charge in [0, 0.05) is 6.61 Å². The Hall–Kier alpha value is -0.590. The third-order valence-electron chi connectivity index (χ3n) is 5.44. The highest BCUT2D eigenvalue weighted by atomic mass is 16.7. The van der Waals surface area contributed by atoms with Crippen LogP contribution in [0.25, 0.3) is 0 Å². The lowest BCUT2D eigenvalue weighted by atomic mass is 9.60. The van der Waals surface area contributed by atoms with Gasteiger partial charge in [0.15, 0.2) is 6.29 Å². The predicted molar refractivity (Wildman–Crippen MR) is 72.3 cm³/mol. The molecule has 3 fully saturated rings. The van der Waals surface area contributed by atoms with Crippen LogP contribution in [0.2, 0.25) is 0 Å². The molecule has 0 aromatic heterocycles. The molecule has 0 radical (unpaired) electrons. The number of hydrogen-bond acceptors (Lipinski definition) is 3. The van der Waals surface area contributed by atoms with E-state index in [9.17, 15) is 5.26 Å². The summed E-state index contributed by atoms with van der Waals surface area (Å²) in [5, 5.41) is 9.30. The van der Waals surface area contributed by atoms with Crippen LogP contribution in [0.5, 0.6) is 0 Å². The zero-order valence-electron chi connectivity index (χ0n) is 11.8. The minimum Gasteiger partial charge on any atom is -0.353 e. The average Bonchev–Trinajstić information content (AvgIpc) is 2.39. The standard InChI is InChI=1S/C16H25NO2/c17-11-10-16(19-15-9-1-2-12-18-15)13-5-3-6-14(16)8-4-7-13/h13-15H,1-10,12H2. The number of ether oxygens (including phenoxy) is 2. The first-order valence-electron chi connectivity index (χ1n) is 8.01. The molecule has 3 aliphatic rings. The zero-order chi connectivity index (χ0) is 13.1. The Morgan fingerprint density at radius 1 is 1.00 bits per heavy atom. The minimum atomic E-state index is -0.187. The largest absolute Gasteiger partial charge is 0.353 e. The number of nitriles is 1. The molecule has 1 unspecified atom stereocenters. The van der Waals surface area contributed by atoms with E-state index in [2.05, 4.69) is 6.07 Å². The van der Waals surface area contributed by atoms with E-state index in [1.54, 1.807) is 0 Å². The first-order valence-corrected chi connectivity index (χ1v) is 8.01. The van der Waals surface area contributed by atoms with Crippen LogP contribution in [-0.2, 0) is 9.47 Å². The van der Waals surface area contributed by atoms with Crippen LogP contribution in [0.4, 0.5) is 0 Å². The third-order valence-corrected chi connectivity index (χ3v) is 5.44. The SMILES string of the molecule is N#CCC1(OC2CCCCO2)C2CCCC1CCC2. The summed E-state index contributed by atoms with van der Waals surface area (Å²) in [7, 11) is 0. The number of hydrogen-bond donors (Lipinski definition) is 0. The van der Waals surface area contributed by atoms with E-state index in [0.29, 0.717) is 18.3 Å². The Morgan fingerprint density at radius 3 is 2.21 bits per heavy atom. The van der Waals surface area contributed by atoms with E-state index < -0.39 is 0 Å². The molecule has 0 aromatic rings. The lowest BCUT2D eigenvalue weighted by molar-refractivity contribution is -0.270. The lowest BCUT2D eigenvalue weighted by Gasteiger charge is -2.53. The molecule has 2 aliphatic carbocycles. The monoisotopic (exact) mass is 263 g/mol. The highest BCUT2D eigenvalue weighted by Crippen LogP contribution is 2.52. The zero-order valence-corrected chi connectivity index (χ0v) is 11.8. The van der Waals surface area contributed by atoms with Gasteiger partial charge < -0.3 is 9.47 Å². The molecule has 3 rings (SSSR count). The van der Waals surface area contributed by atoms with E-state index in [1.165, 1.54) is 44.9 Å². The fourth-order valence-corrected chi connectivity index (χ4v) is 4.52. The highest BCUT2D eigenvalue weighted by Gasteiger charge is 2.51. The molecule has 2 saturated carbocycles. The van der Waals surface area contributed by atoms with Crippen LogP contribution in [0.3, 0.4) is 0 Å². The Kier molecular flexibility index (Phi) is 4.10. The summed E-state index contributed by atoms with van der Waals surface area (Å²) in [6.45, 7) is 0.822. The van der Waals surface area contributed by atoms with Gasteiger partial charge in [-0.25, -0.2) is 0 Å². The molecule has 106 valence electrons. The quantitative estimate of drug-likeness (QED) is 0.778. The minimum absolute atomic E-state index is 0.0525. The second-order valence-corrected chi connectivity index (χ2v) is 6.46. The fourth-order valence-electron chi connectivity index (χ4n) is 4.52. The molecule has 0 aromatic carbocycles. The second kappa shape index (κ2) is 5.81. The molecule has 3 nitrogen and oxygen atoms in total. The van der Waals surface area contributed by atoms with Crippen molar-refractivity contribution in [1.29, 1.82) is 5.26 Å². The Morgan fingerprint density at radius 2 is 1.68 bits per heavy atom. The van der Waals surface area contributed by atoms with Crippen molar-refractivity contribution in [1.82, 2.24) is 0 Å². The summed E-state index contributed by atoms with van der Waals surface area (Å²) in [6, 6.07) is 2.42. The van der Waals surface area contributed by atoms with Crippen LogP contribution in [-0.4, -0.2) is 18.5 Å². The maximum absolute atomic E-state index is 9.30. The van der Waals surface area contributed by atoms with E-state index in [1.807, 2.05) is 0 Å². The van der Waals surface area contributed by atoms with E-state index in [4.69, 9.17) is 9.47 Å². The molecule has 0 spiro atoms. The van der Waals surface area contributed by atoms with Gasteiger partial charge in [0.25, 0.3) is 0 Å². The molecule has 1 atom stereocenters. The van der Waals surface area contributed by atoms with Crippen molar-refractivity contribution >= 4 is 0 Å². The smallest absolute Gasteiger partial charge is 0.158 e. The van der Waals surface area contributed by atoms with E-state index in [-0.39, 0.29) is 11.9 Å². The van der Waals surface area contributed by atoms with Gasteiger partial charge >= 0.3 is 0 Å². The van der Waals surface area contributed by atoms with Crippen molar-refractivity contribution in [3.8, 4) is 6.07 Å². The molecule has 1 aliphatic heterocycles. The Bertz CT molecular complexity index is 321. The molecule has 1 heterocycles. The van der Waals surface area contributed by atoms with Gasteiger partial charge in [0.2, 0.25) is 0 Å². The summed E-state index contributed by atoms with van der Waals surface area (Å²) in [5.74, 6) is 1.18. The second-order valence-electron chi connectivity index (χ2n) is 6.46. The van der Waals surface area contributed by atoms with Crippen LogP contribution >= 0.6 is 0 Å². The maximum atomic E-state index is 9.30. The van der Waals surface area contributed by atoms with Crippen molar-refractivity contribution in [2.45, 2.75) is 76.1 Å². The molecule has 1 saturated heterocycles. The average molecular weight is 263 g/mol. The topological polar surface area (TPSA) is 42.2 Å². The fraction of sp³-hybridized carbons (Fsp3) is 0.938. The van der Waals surface area contributed by atoms with Gasteiger partial charge in [-0.3, -0.25) is 0 Å². The van der Waals surface area contributed by atoms with Gasteiger partial charge in [0.05, 0.1) is 18.1 Å². The van der Waals surface area contributed by atoms with Gasteiger partial charge in [0.1, 0.15) is 0 Å².